The van der Waals surface area contributed by atoms with Gasteiger partial charge in [-0.2, -0.15) is 5.26 Å². The molecule has 0 spiro atoms. The molecule has 1 aromatic carbocycles. The molecule has 0 amide bonds. The molecule has 16 heavy (non-hydrogen) atoms. The third kappa shape index (κ3) is 2.30. The Morgan fingerprint density at radius 1 is 1.12 bits per heavy atom. The summed E-state index contributed by atoms with van der Waals surface area (Å²) < 4.78 is 0. The van der Waals surface area contributed by atoms with Crippen LogP contribution in [-0.4, -0.2) is 6.29 Å². The minimum atomic E-state index is 0.273. The molecule has 1 fully saturated rings. The first-order chi connectivity index (χ1) is 7.83. The number of carbonyl (C=O) groups excluding carboxylic acids is 1. The van der Waals surface area contributed by atoms with Crippen molar-refractivity contribution in [3.63, 3.8) is 0 Å². The van der Waals surface area contributed by atoms with E-state index in [4.69, 9.17) is 5.26 Å². The number of carbonyl (C=O) groups is 1. The maximum Gasteiger partial charge on any atom is 0.123 e. The Bertz CT molecular complexity index is 394. The van der Waals surface area contributed by atoms with Crippen LogP contribution in [0.25, 0.3) is 0 Å². The molecule has 0 aromatic heterocycles. The van der Waals surface area contributed by atoms with E-state index in [1.165, 1.54) is 5.56 Å². The fourth-order valence-electron chi connectivity index (χ4n) is 2.42. The Kier molecular flexibility index (Phi) is 3.36. The number of hydrogen-bond acceptors (Lipinski definition) is 2. The minimum Gasteiger partial charge on any atom is -0.303 e. The summed E-state index contributed by atoms with van der Waals surface area (Å²) in [5.41, 5.74) is 2.02. The molecular formula is C14H15NO. The highest BCUT2D eigenvalue weighted by atomic mass is 16.1. The van der Waals surface area contributed by atoms with Gasteiger partial charge in [0.15, 0.2) is 0 Å². The van der Waals surface area contributed by atoms with E-state index in [0.717, 1.165) is 32.0 Å². The molecule has 0 heterocycles. The smallest absolute Gasteiger partial charge is 0.123 e. The van der Waals surface area contributed by atoms with Gasteiger partial charge in [-0.15, -0.1) is 0 Å². The van der Waals surface area contributed by atoms with Crippen LogP contribution in [0, 0.1) is 17.2 Å². The molecule has 2 rings (SSSR count). The molecule has 82 valence electrons. The molecular weight excluding hydrogens is 198 g/mol. The molecule has 0 bridgehead atoms. The number of nitriles is 1. The van der Waals surface area contributed by atoms with Gasteiger partial charge in [-0.05, 0) is 49.3 Å². The molecule has 2 nitrogen and oxygen atoms in total. The van der Waals surface area contributed by atoms with Gasteiger partial charge in [0.05, 0.1) is 11.6 Å². The first-order valence-electron chi connectivity index (χ1n) is 5.79. The van der Waals surface area contributed by atoms with Crippen molar-refractivity contribution in [1.82, 2.24) is 0 Å². The topological polar surface area (TPSA) is 40.9 Å². The second kappa shape index (κ2) is 4.94. The maximum absolute atomic E-state index is 10.7. The van der Waals surface area contributed by atoms with Crippen LogP contribution in [0.15, 0.2) is 24.3 Å². The van der Waals surface area contributed by atoms with Crippen LogP contribution in [0.5, 0.6) is 0 Å². The Hall–Kier alpha value is -1.62. The number of rotatable bonds is 2. The van der Waals surface area contributed by atoms with Crippen LogP contribution in [0.1, 0.15) is 42.7 Å². The Morgan fingerprint density at radius 2 is 1.75 bits per heavy atom. The van der Waals surface area contributed by atoms with E-state index in [2.05, 4.69) is 6.07 Å². The molecule has 0 N–H and O–H groups in total. The van der Waals surface area contributed by atoms with Crippen LogP contribution >= 0.6 is 0 Å². The summed E-state index contributed by atoms with van der Waals surface area (Å²) in [6.45, 7) is 0. The average Bonchev–Trinajstić information content (AvgIpc) is 2.39. The lowest BCUT2D eigenvalue weighted by atomic mass is 9.79. The normalized spacial score (nSPS) is 24.7. The zero-order valence-electron chi connectivity index (χ0n) is 9.23. The summed E-state index contributed by atoms with van der Waals surface area (Å²) in [4.78, 5) is 10.7. The first-order valence-corrected chi connectivity index (χ1v) is 5.79. The zero-order valence-corrected chi connectivity index (χ0v) is 9.23. The quantitative estimate of drug-likeness (QED) is 0.708. The summed E-state index contributed by atoms with van der Waals surface area (Å²) in [7, 11) is 0. The van der Waals surface area contributed by atoms with E-state index in [-0.39, 0.29) is 5.92 Å². The van der Waals surface area contributed by atoms with Crippen molar-refractivity contribution in [3.8, 4) is 6.07 Å². The lowest BCUT2D eigenvalue weighted by Crippen LogP contribution is -2.14. The van der Waals surface area contributed by atoms with Crippen LogP contribution < -0.4 is 0 Å². The van der Waals surface area contributed by atoms with Crippen LogP contribution in [0.2, 0.25) is 0 Å². The molecule has 0 saturated heterocycles. The largest absolute Gasteiger partial charge is 0.303 e. The predicted molar refractivity (Wildman–Crippen MR) is 61.9 cm³/mol. The van der Waals surface area contributed by atoms with Crippen molar-refractivity contribution in [1.29, 1.82) is 5.26 Å². The lowest BCUT2D eigenvalue weighted by molar-refractivity contribution is -0.111. The third-order valence-corrected chi connectivity index (χ3v) is 3.48. The van der Waals surface area contributed by atoms with Crippen LogP contribution in [-0.2, 0) is 4.79 Å². The van der Waals surface area contributed by atoms with Gasteiger partial charge in [-0.25, -0.2) is 0 Å². The monoisotopic (exact) mass is 213 g/mol. The molecule has 1 aliphatic rings. The minimum absolute atomic E-state index is 0.273. The molecule has 1 aliphatic carbocycles. The lowest BCUT2D eigenvalue weighted by Gasteiger charge is -2.25. The molecule has 2 heteroatoms. The highest BCUT2D eigenvalue weighted by Crippen LogP contribution is 2.34. The van der Waals surface area contributed by atoms with Gasteiger partial charge >= 0.3 is 0 Å². The van der Waals surface area contributed by atoms with Gasteiger partial charge in [0.1, 0.15) is 6.29 Å². The number of nitrogens with zero attached hydrogens (tertiary/aromatic N) is 1. The number of benzene rings is 1. The third-order valence-electron chi connectivity index (χ3n) is 3.48. The average molecular weight is 213 g/mol. The molecule has 1 saturated carbocycles. The standard InChI is InChI=1S/C14H15NO/c15-9-11-1-5-13(6-2-11)14-7-3-12(10-16)4-8-14/h1-2,5-6,10,12,14H,3-4,7-8H2. The SMILES string of the molecule is N#Cc1ccc(C2CCC(C=O)CC2)cc1. The zero-order chi connectivity index (χ0) is 11.4. The van der Waals surface area contributed by atoms with Crippen molar-refractivity contribution in [2.75, 3.05) is 0 Å². The van der Waals surface area contributed by atoms with Crippen molar-refractivity contribution in [3.05, 3.63) is 35.4 Å². The summed E-state index contributed by atoms with van der Waals surface area (Å²) in [6, 6.07) is 9.97. The first kappa shape index (κ1) is 10.9. The van der Waals surface area contributed by atoms with Gasteiger partial charge < -0.3 is 4.79 Å². The Labute approximate surface area is 95.9 Å². The molecule has 0 radical (unpaired) electrons. The van der Waals surface area contributed by atoms with Crippen molar-refractivity contribution >= 4 is 6.29 Å². The van der Waals surface area contributed by atoms with Crippen molar-refractivity contribution in [2.45, 2.75) is 31.6 Å². The number of hydrogen-bond donors (Lipinski definition) is 0. The fraction of sp³-hybridized carbons (Fsp3) is 0.429. The van der Waals surface area contributed by atoms with E-state index in [1.807, 2.05) is 24.3 Å². The second-order valence-electron chi connectivity index (χ2n) is 4.48. The predicted octanol–water partition coefficient (Wildman–Crippen LogP) is 3.03. The van der Waals surface area contributed by atoms with Gasteiger partial charge in [-0.1, -0.05) is 12.1 Å². The highest BCUT2D eigenvalue weighted by Gasteiger charge is 2.21. The summed E-state index contributed by atoms with van der Waals surface area (Å²) in [5, 5.41) is 8.72. The number of aldehydes is 1. The van der Waals surface area contributed by atoms with E-state index < -0.39 is 0 Å². The summed E-state index contributed by atoms with van der Waals surface area (Å²) >= 11 is 0. The van der Waals surface area contributed by atoms with Gasteiger partial charge in [0.2, 0.25) is 0 Å². The van der Waals surface area contributed by atoms with Gasteiger partial charge in [0.25, 0.3) is 0 Å². The van der Waals surface area contributed by atoms with Gasteiger partial charge in [0, 0.05) is 5.92 Å². The van der Waals surface area contributed by atoms with E-state index in [9.17, 15) is 4.79 Å². The van der Waals surface area contributed by atoms with Crippen LogP contribution in [0.4, 0.5) is 0 Å². The van der Waals surface area contributed by atoms with Gasteiger partial charge in [-0.3, -0.25) is 0 Å². The van der Waals surface area contributed by atoms with E-state index in [1.54, 1.807) is 0 Å². The second-order valence-corrected chi connectivity index (χ2v) is 4.48. The van der Waals surface area contributed by atoms with Crippen molar-refractivity contribution < 1.29 is 4.79 Å². The molecule has 0 aliphatic heterocycles. The maximum atomic E-state index is 10.7. The summed E-state index contributed by atoms with van der Waals surface area (Å²) in [5.74, 6) is 0.846. The molecule has 1 aromatic rings. The Balaban J connectivity index is 2.03. The van der Waals surface area contributed by atoms with E-state index >= 15 is 0 Å². The molecule has 0 atom stereocenters. The van der Waals surface area contributed by atoms with E-state index in [0.29, 0.717) is 11.5 Å². The highest BCUT2D eigenvalue weighted by molar-refractivity contribution is 5.53. The van der Waals surface area contributed by atoms with Crippen molar-refractivity contribution in [2.24, 2.45) is 5.92 Å². The van der Waals surface area contributed by atoms with Crippen LogP contribution in [0.3, 0.4) is 0 Å². The molecule has 0 unspecified atom stereocenters. The summed E-state index contributed by atoms with van der Waals surface area (Å²) in [6.07, 6.45) is 5.29. The Morgan fingerprint density at radius 3 is 2.25 bits per heavy atom. The fourth-order valence-corrected chi connectivity index (χ4v) is 2.42.